The molecule has 1 atom stereocenters. The minimum Gasteiger partial charge on any atom is -0.480 e. The maximum atomic E-state index is 12.1. The summed E-state index contributed by atoms with van der Waals surface area (Å²) in [4.78, 5) is 12.1. The second-order valence-corrected chi connectivity index (χ2v) is 8.42. The molecule has 3 nitrogen and oxygen atoms in total. The zero-order chi connectivity index (χ0) is 18.6. The molecule has 0 aliphatic carbocycles. The van der Waals surface area contributed by atoms with E-state index in [-0.39, 0.29) is 6.61 Å². The molecule has 0 saturated carbocycles. The Kier molecular flexibility index (Phi) is 7.52. The van der Waals surface area contributed by atoms with Gasteiger partial charge in [-0.1, -0.05) is 35.8 Å². The van der Waals surface area contributed by atoms with Crippen molar-refractivity contribution in [2.24, 2.45) is 0 Å². The summed E-state index contributed by atoms with van der Waals surface area (Å²) in [6, 6.07) is 9.59. The van der Waals surface area contributed by atoms with E-state index in [1.807, 2.05) is 37.3 Å². The second-order valence-electron chi connectivity index (χ2n) is 5.80. The summed E-state index contributed by atoms with van der Waals surface area (Å²) in [6.45, 7) is 6.06. The molecule has 2 rings (SSSR count). The van der Waals surface area contributed by atoms with Crippen LogP contribution in [0.5, 0.6) is 11.5 Å². The Labute approximate surface area is 173 Å². The molecule has 0 aliphatic heterocycles. The van der Waals surface area contributed by atoms with E-state index in [1.165, 1.54) is 5.56 Å². The van der Waals surface area contributed by atoms with E-state index in [2.05, 4.69) is 61.6 Å². The van der Waals surface area contributed by atoms with Crippen molar-refractivity contribution in [3.05, 3.63) is 54.9 Å². The van der Waals surface area contributed by atoms with E-state index in [4.69, 9.17) is 9.47 Å². The highest BCUT2D eigenvalue weighted by atomic mass is 79.9. The molecule has 0 fully saturated rings. The van der Waals surface area contributed by atoms with Crippen LogP contribution in [0, 0.1) is 6.92 Å². The van der Waals surface area contributed by atoms with Crippen LogP contribution in [0.1, 0.15) is 37.3 Å². The van der Waals surface area contributed by atoms with Crippen LogP contribution < -0.4 is 9.47 Å². The normalized spacial score (nSPS) is 11.9. The Morgan fingerprint density at radius 2 is 1.84 bits per heavy atom. The van der Waals surface area contributed by atoms with Crippen LogP contribution in [0.3, 0.4) is 0 Å². The molecule has 0 bridgehead atoms. The summed E-state index contributed by atoms with van der Waals surface area (Å²) in [5, 5.41) is 0. The van der Waals surface area contributed by atoms with Crippen LogP contribution in [-0.2, 0) is 4.79 Å². The van der Waals surface area contributed by atoms with Gasteiger partial charge in [0.25, 0.3) is 0 Å². The Bertz CT molecular complexity index is 751. The van der Waals surface area contributed by atoms with E-state index < -0.39 is 5.97 Å². The SMILES string of the molecule is CCC(C)c1ccc(OC(=O)COc2c(C)cc(Br)cc2Br)c(Br)c1. The van der Waals surface area contributed by atoms with Gasteiger partial charge in [-0.2, -0.15) is 0 Å². The van der Waals surface area contributed by atoms with Gasteiger partial charge in [0.15, 0.2) is 6.61 Å². The zero-order valence-corrected chi connectivity index (χ0v) is 19.0. The molecular formula is C19H19Br3O3. The summed E-state index contributed by atoms with van der Waals surface area (Å²) in [5.74, 6) is 1.13. The molecule has 0 spiro atoms. The lowest BCUT2D eigenvalue weighted by Gasteiger charge is -2.13. The van der Waals surface area contributed by atoms with Crippen LogP contribution in [0.4, 0.5) is 0 Å². The van der Waals surface area contributed by atoms with Crippen LogP contribution in [0.15, 0.2) is 43.7 Å². The van der Waals surface area contributed by atoms with Crippen molar-refractivity contribution in [2.75, 3.05) is 6.61 Å². The van der Waals surface area contributed by atoms with E-state index >= 15 is 0 Å². The van der Waals surface area contributed by atoms with E-state index in [0.717, 1.165) is 25.4 Å². The average Bonchev–Trinajstić information content (AvgIpc) is 2.55. The minimum atomic E-state index is -0.453. The van der Waals surface area contributed by atoms with Gasteiger partial charge in [-0.05, 0) is 86.5 Å². The Hall–Kier alpha value is -0.850. The molecule has 2 aromatic rings. The molecule has 25 heavy (non-hydrogen) atoms. The fourth-order valence-corrected chi connectivity index (χ4v) is 4.33. The number of halogens is 3. The molecule has 0 aliphatic rings. The highest BCUT2D eigenvalue weighted by Gasteiger charge is 2.14. The fourth-order valence-electron chi connectivity index (χ4n) is 2.30. The highest BCUT2D eigenvalue weighted by molar-refractivity contribution is 9.11. The van der Waals surface area contributed by atoms with Gasteiger partial charge in [0.2, 0.25) is 0 Å². The number of carbonyl (C=O) groups excluding carboxylic acids is 1. The van der Waals surface area contributed by atoms with Gasteiger partial charge >= 0.3 is 5.97 Å². The molecule has 0 heterocycles. The third kappa shape index (κ3) is 5.56. The molecule has 0 saturated heterocycles. The lowest BCUT2D eigenvalue weighted by atomic mass is 9.99. The van der Waals surface area contributed by atoms with Gasteiger partial charge in [-0.3, -0.25) is 0 Å². The van der Waals surface area contributed by atoms with E-state index in [9.17, 15) is 4.79 Å². The second kappa shape index (κ2) is 9.19. The predicted molar refractivity (Wildman–Crippen MR) is 111 cm³/mol. The van der Waals surface area contributed by atoms with Crippen LogP contribution in [-0.4, -0.2) is 12.6 Å². The van der Waals surface area contributed by atoms with Gasteiger partial charge in [0.1, 0.15) is 11.5 Å². The van der Waals surface area contributed by atoms with E-state index in [0.29, 0.717) is 17.4 Å². The molecule has 6 heteroatoms. The Morgan fingerprint density at radius 1 is 1.12 bits per heavy atom. The van der Waals surface area contributed by atoms with Gasteiger partial charge < -0.3 is 9.47 Å². The number of hydrogen-bond donors (Lipinski definition) is 0. The largest absolute Gasteiger partial charge is 0.480 e. The third-order valence-corrected chi connectivity index (χ3v) is 5.56. The summed E-state index contributed by atoms with van der Waals surface area (Å²) >= 11 is 10.3. The van der Waals surface area contributed by atoms with Gasteiger partial charge in [0.05, 0.1) is 8.95 Å². The molecule has 2 aromatic carbocycles. The van der Waals surface area contributed by atoms with Crippen molar-refractivity contribution < 1.29 is 14.3 Å². The first-order valence-corrected chi connectivity index (χ1v) is 10.3. The summed E-state index contributed by atoms with van der Waals surface area (Å²) < 4.78 is 13.5. The monoisotopic (exact) mass is 532 g/mol. The van der Waals surface area contributed by atoms with Crippen molar-refractivity contribution in [1.82, 2.24) is 0 Å². The topological polar surface area (TPSA) is 35.5 Å². The van der Waals surface area contributed by atoms with Gasteiger partial charge in [0, 0.05) is 4.47 Å². The fraction of sp³-hybridized carbons (Fsp3) is 0.316. The van der Waals surface area contributed by atoms with Crippen molar-refractivity contribution in [1.29, 1.82) is 0 Å². The number of esters is 1. The molecule has 134 valence electrons. The molecule has 1 unspecified atom stereocenters. The van der Waals surface area contributed by atoms with Crippen molar-refractivity contribution in [2.45, 2.75) is 33.1 Å². The first-order chi connectivity index (χ1) is 11.8. The first-order valence-electron chi connectivity index (χ1n) is 7.90. The maximum absolute atomic E-state index is 12.1. The number of hydrogen-bond acceptors (Lipinski definition) is 3. The molecule has 0 amide bonds. The average molecular weight is 535 g/mol. The first kappa shape index (κ1) is 20.5. The van der Waals surface area contributed by atoms with Crippen molar-refractivity contribution >= 4 is 53.8 Å². The number of carbonyl (C=O) groups is 1. The summed E-state index contributed by atoms with van der Waals surface area (Å²) in [7, 11) is 0. The van der Waals surface area contributed by atoms with Crippen molar-refractivity contribution in [3.8, 4) is 11.5 Å². The lowest BCUT2D eigenvalue weighted by Crippen LogP contribution is -2.18. The number of ether oxygens (including phenoxy) is 2. The quantitative estimate of drug-likeness (QED) is 0.303. The van der Waals surface area contributed by atoms with Crippen molar-refractivity contribution in [3.63, 3.8) is 0 Å². The maximum Gasteiger partial charge on any atom is 0.349 e. The predicted octanol–water partition coefficient (Wildman–Crippen LogP) is 6.78. The molecule has 0 aromatic heterocycles. The summed E-state index contributed by atoms with van der Waals surface area (Å²) in [6.07, 6.45) is 1.06. The standard InChI is InChI=1S/C19H19Br3O3/c1-4-11(2)13-5-6-17(15(21)8-13)25-18(23)10-24-19-12(3)7-14(20)9-16(19)22/h5-9,11H,4,10H2,1-3H3. The summed E-state index contributed by atoms with van der Waals surface area (Å²) in [5.41, 5.74) is 2.13. The third-order valence-electron chi connectivity index (χ3n) is 3.89. The van der Waals surface area contributed by atoms with Gasteiger partial charge in [-0.25, -0.2) is 4.79 Å². The number of benzene rings is 2. The zero-order valence-electron chi connectivity index (χ0n) is 14.2. The highest BCUT2D eigenvalue weighted by Crippen LogP contribution is 2.33. The van der Waals surface area contributed by atoms with Crippen LogP contribution in [0.2, 0.25) is 0 Å². The Balaban J connectivity index is 2.01. The number of aryl methyl sites for hydroxylation is 1. The molecule has 0 radical (unpaired) electrons. The minimum absolute atomic E-state index is 0.166. The Morgan fingerprint density at radius 3 is 2.44 bits per heavy atom. The van der Waals surface area contributed by atoms with E-state index in [1.54, 1.807) is 0 Å². The van der Waals surface area contributed by atoms with Gasteiger partial charge in [-0.15, -0.1) is 0 Å². The van der Waals surface area contributed by atoms with Crippen LogP contribution in [0.25, 0.3) is 0 Å². The smallest absolute Gasteiger partial charge is 0.349 e. The molecule has 0 N–H and O–H groups in total. The number of rotatable bonds is 6. The lowest BCUT2D eigenvalue weighted by molar-refractivity contribution is -0.136. The van der Waals surface area contributed by atoms with Crippen LogP contribution >= 0.6 is 47.8 Å². The molecular weight excluding hydrogens is 516 g/mol.